The zero-order chi connectivity index (χ0) is 15.3. The number of aromatic nitrogens is 2. The summed E-state index contributed by atoms with van der Waals surface area (Å²) < 4.78 is 5.95. The summed E-state index contributed by atoms with van der Waals surface area (Å²) in [7, 11) is 1.81. The Hall–Kier alpha value is -1.16. The van der Waals surface area contributed by atoms with Crippen molar-refractivity contribution in [1.29, 1.82) is 0 Å². The highest BCUT2D eigenvalue weighted by Gasteiger charge is 2.36. The van der Waals surface area contributed by atoms with Crippen LogP contribution in [0.3, 0.4) is 0 Å². The number of anilines is 1. The Kier molecular flexibility index (Phi) is 5.57. The van der Waals surface area contributed by atoms with E-state index in [2.05, 4.69) is 26.1 Å². The number of hydrogen-bond donors (Lipinski definition) is 1. The van der Waals surface area contributed by atoms with Gasteiger partial charge in [-0.15, -0.1) is 0 Å². The number of hydrogen-bond acceptors (Lipinski definition) is 4. The van der Waals surface area contributed by atoms with E-state index in [4.69, 9.17) is 14.7 Å². The van der Waals surface area contributed by atoms with Crippen molar-refractivity contribution < 1.29 is 4.74 Å². The topological polar surface area (TPSA) is 47.0 Å². The number of ether oxygens (including phenoxy) is 1. The molecule has 118 valence electrons. The lowest BCUT2D eigenvalue weighted by Crippen LogP contribution is -2.31. The smallest absolute Gasteiger partial charge is 0.162 e. The summed E-state index contributed by atoms with van der Waals surface area (Å²) in [4.78, 5) is 9.67. The lowest BCUT2D eigenvalue weighted by atomic mass is 9.92. The molecule has 1 N–H and O–H groups in total. The van der Waals surface area contributed by atoms with Crippen LogP contribution in [-0.4, -0.2) is 23.6 Å². The zero-order valence-corrected chi connectivity index (χ0v) is 14.0. The van der Waals surface area contributed by atoms with E-state index in [0.717, 1.165) is 43.1 Å². The van der Waals surface area contributed by atoms with Gasteiger partial charge in [0.25, 0.3) is 0 Å². The number of aryl methyl sites for hydroxylation is 1. The molecule has 0 unspecified atom stereocenters. The van der Waals surface area contributed by atoms with Crippen molar-refractivity contribution in [2.75, 3.05) is 19.0 Å². The molecule has 0 amide bonds. The molecule has 0 saturated heterocycles. The summed E-state index contributed by atoms with van der Waals surface area (Å²) in [6.07, 6.45) is 7.98. The molecular weight excluding hydrogens is 262 g/mol. The molecule has 1 aliphatic rings. The molecule has 0 aliphatic heterocycles. The first kappa shape index (κ1) is 16.2. The van der Waals surface area contributed by atoms with E-state index >= 15 is 0 Å². The minimum absolute atomic E-state index is 0.294. The maximum Gasteiger partial charge on any atom is 0.162 e. The van der Waals surface area contributed by atoms with E-state index in [-0.39, 0.29) is 5.60 Å². The van der Waals surface area contributed by atoms with E-state index in [9.17, 15) is 0 Å². The van der Waals surface area contributed by atoms with Gasteiger partial charge in [-0.05, 0) is 33.1 Å². The molecule has 0 radical (unpaired) electrons. The number of nitrogens with one attached hydrogen (secondary N) is 1. The molecule has 0 spiro atoms. The third-order valence-electron chi connectivity index (χ3n) is 4.62. The second-order valence-electron chi connectivity index (χ2n) is 5.96. The normalized spacial score (nSPS) is 18.3. The fourth-order valence-corrected chi connectivity index (χ4v) is 3.36. The highest BCUT2D eigenvalue weighted by molar-refractivity contribution is 5.47. The Morgan fingerprint density at radius 2 is 1.76 bits per heavy atom. The van der Waals surface area contributed by atoms with Crippen LogP contribution in [0.1, 0.15) is 69.5 Å². The van der Waals surface area contributed by atoms with Gasteiger partial charge in [-0.2, -0.15) is 0 Å². The summed E-state index contributed by atoms with van der Waals surface area (Å²) in [6, 6.07) is 0. The van der Waals surface area contributed by atoms with Crippen LogP contribution in [0.2, 0.25) is 0 Å². The first-order valence-corrected chi connectivity index (χ1v) is 8.34. The minimum Gasteiger partial charge on any atom is -0.370 e. The third kappa shape index (κ3) is 3.37. The van der Waals surface area contributed by atoms with E-state index in [0.29, 0.717) is 0 Å². The lowest BCUT2D eigenvalue weighted by molar-refractivity contribution is -0.0352. The Morgan fingerprint density at radius 1 is 1.10 bits per heavy atom. The first-order chi connectivity index (χ1) is 10.2. The predicted octanol–water partition coefficient (Wildman–Crippen LogP) is 3.98. The second kappa shape index (κ2) is 7.21. The van der Waals surface area contributed by atoms with Gasteiger partial charge < -0.3 is 10.1 Å². The van der Waals surface area contributed by atoms with Crippen molar-refractivity contribution in [1.82, 2.24) is 9.97 Å². The van der Waals surface area contributed by atoms with Gasteiger partial charge in [0, 0.05) is 24.9 Å². The largest absolute Gasteiger partial charge is 0.370 e. The Bertz CT molecular complexity index is 465. The van der Waals surface area contributed by atoms with Crippen LogP contribution in [0.15, 0.2) is 0 Å². The van der Waals surface area contributed by atoms with Crippen LogP contribution in [0, 0.1) is 6.92 Å². The number of methoxy groups -OCH3 is 1. The first-order valence-electron chi connectivity index (χ1n) is 8.34. The van der Waals surface area contributed by atoms with E-state index < -0.39 is 0 Å². The number of nitrogens with zero attached hydrogens (tertiary/aromatic N) is 2. The third-order valence-corrected chi connectivity index (χ3v) is 4.62. The molecule has 4 nitrogen and oxygen atoms in total. The highest BCUT2D eigenvalue weighted by Crippen LogP contribution is 2.38. The highest BCUT2D eigenvalue weighted by atomic mass is 16.5. The van der Waals surface area contributed by atoms with Crippen LogP contribution >= 0.6 is 0 Å². The molecule has 1 saturated carbocycles. The molecule has 21 heavy (non-hydrogen) atoms. The van der Waals surface area contributed by atoms with Crippen LogP contribution in [0.4, 0.5) is 5.82 Å². The Balaban J connectivity index is 2.45. The van der Waals surface area contributed by atoms with Crippen LogP contribution < -0.4 is 5.32 Å². The van der Waals surface area contributed by atoms with Gasteiger partial charge >= 0.3 is 0 Å². The summed E-state index contributed by atoms with van der Waals surface area (Å²) in [5.41, 5.74) is 2.01. The zero-order valence-electron chi connectivity index (χ0n) is 14.0. The van der Waals surface area contributed by atoms with Crippen molar-refractivity contribution in [3.8, 4) is 0 Å². The molecule has 1 aromatic rings. The average Bonchev–Trinajstić information content (AvgIpc) is 2.73. The molecule has 1 aromatic heterocycles. The monoisotopic (exact) mass is 291 g/mol. The Morgan fingerprint density at radius 3 is 2.29 bits per heavy atom. The van der Waals surface area contributed by atoms with Crippen molar-refractivity contribution in [2.45, 2.75) is 71.3 Å². The fourth-order valence-electron chi connectivity index (χ4n) is 3.36. The Labute approximate surface area is 128 Å². The van der Waals surface area contributed by atoms with Gasteiger partial charge in [-0.25, -0.2) is 9.97 Å². The molecule has 0 aromatic carbocycles. The molecule has 0 bridgehead atoms. The van der Waals surface area contributed by atoms with Crippen LogP contribution in [0.25, 0.3) is 0 Å². The number of rotatable bonds is 5. The van der Waals surface area contributed by atoms with E-state index in [1.807, 2.05) is 7.11 Å². The fraction of sp³-hybridized carbons (Fsp3) is 0.765. The summed E-state index contributed by atoms with van der Waals surface area (Å²) in [6.45, 7) is 7.23. The van der Waals surface area contributed by atoms with Crippen LogP contribution in [-0.2, 0) is 16.8 Å². The van der Waals surface area contributed by atoms with Crippen molar-refractivity contribution in [3.63, 3.8) is 0 Å². The van der Waals surface area contributed by atoms with Crippen molar-refractivity contribution in [3.05, 3.63) is 17.1 Å². The maximum absolute atomic E-state index is 5.95. The average molecular weight is 291 g/mol. The van der Waals surface area contributed by atoms with Gasteiger partial charge in [0.05, 0.1) is 0 Å². The standard InChI is InChI=1S/C17H29N3O/c1-5-14-13(3)19-16(20-15(14)18-6-2)17(21-4)11-9-7-8-10-12-17/h5-12H2,1-4H3,(H,18,19,20). The summed E-state index contributed by atoms with van der Waals surface area (Å²) in [5, 5.41) is 3.40. The van der Waals surface area contributed by atoms with E-state index in [1.54, 1.807) is 0 Å². The van der Waals surface area contributed by atoms with Gasteiger partial charge in [-0.3, -0.25) is 0 Å². The lowest BCUT2D eigenvalue weighted by Gasteiger charge is -2.30. The molecule has 4 heteroatoms. The summed E-state index contributed by atoms with van der Waals surface area (Å²) in [5.74, 6) is 1.86. The molecule has 1 heterocycles. The quantitative estimate of drug-likeness (QED) is 0.834. The SMILES string of the molecule is CCNc1nc(C2(OC)CCCCCC2)nc(C)c1CC. The predicted molar refractivity (Wildman–Crippen MR) is 86.7 cm³/mol. The molecule has 1 aliphatic carbocycles. The second-order valence-corrected chi connectivity index (χ2v) is 5.96. The van der Waals surface area contributed by atoms with Gasteiger partial charge in [0.1, 0.15) is 11.4 Å². The molecule has 1 fully saturated rings. The van der Waals surface area contributed by atoms with Crippen molar-refractivity contribution >= 4 is 5.82 Å². The van der Waals surface area contributed by atoms with Crippen LogP contribution in [0.5, 0.6) is 0 Å². The van der Waals surface area contributed by atoms with Crippen molar-refractivity contribution in [2.24, 2.45) is 0 Å². The van der Waals surface area contributed by atoms with Gasteiger partial charge in [0.2, 0.25) is 0 Å². The van der Waals surface area contributed by atoms with Gasteiger partial charge in [0.15, 0.2) is 5.82 Å². The summed E-state index contributed by atoms with van der Waals surface area (Å²) >= 11 is 0. The molecular formula is C17H29N3O. The van der Waals surface area contributed by atoms with E-state index in [1.165, 1.54) is 31.2 Å². The molecule has 2 rings (SSSR count). The maximum atomic E-state index is 5.95. The molecule has 0 atom stereocenters. The van der Waals surface area contributed by atoms with Gasteiger partial charge in [-0.1, -0.05) is 32.6 Å². The minimum atomic E-state index is -0.294.